The predicted octanol–water partition coefficient (Wildman–Crippen LogP) is -16.5. The fourth-order valence-corrected chi connectivity index (χ4v) is 0. The monoisotopic (exact) mass is 578 g/mol. The minimum atomic E-state index is -2.19. The van der Waals surface area contributed by atoms with Gasteiger partial charge in [-0.05, 0) is 0 Å². The van der Waals surface area contributed by atoms with Gasteiger partial charge >= 0.3 is 160 Å². The van der Waals surface area contributed by atoms with Crippen molar-refractivity contribution in [3.8, 4) is 0 Å². The van der Waals surface area contributed by atoms with Crippen molar-refractivity contribution in [1.82, 2.24) is 0 Å². The van der Waals surface area contributed by atoms with Crippen LogP contribution in [0.15, 0.2) is 0 Å². The summed E-state index contributed by atoms with van der Waals surface area (Å²) in [4.78, 5) is 53.6. The van der Waals surface area contributed by atoms with Crippen LogP contribution >= 0.6 is 0 Å². The van der Waals surface area contributed by atoms with Crippen molar-refractivity contribution in [1.29, 1.82) is 0 Å². The molecule has 0 fully saturated rings. The first-order chi connectivity index (χ1) is 7.93. The Morgan fingerprint density at radius 3 is 0.429 bits per heavy atom. The van der Waals surface area contributed by atoms with Gasteiger partial charge < -0.3 is 59.4 Å². The molecule has 0 radical (unpaired) electrons. The third-order valence-corrected chi connectivity index (χ3v) is 0.500. The minimum Gasteiger partial charge on any atom is -0.543 e. The zero-order valence-electron chi connectivity index (χ0n) is 10.4. The fourth-order valence-electron chi connectivity index (χ4n) is 0. The summed E-state index contributed by atoms with van der Waals surface area (Å²) >= 11 is 0. The standard InChI is InChI=1S/3C2H2O4.2Cs.Ti/c3*3-1(4)2(5)6;;;/h3*(H,3,4)(H,5,6);;;/q;;;2*+1;+4/p-6. The van der Waals surface area contributed by atoms with Gasteiger partial charge in [0.1, 0.15) is 0 Å². The van der Waals surface area contributed by atoms with Gasteiger partial charge in [-0.2, -0.15) is 0 Å². The van der Waals surface area contributed by atoms with E-state index < -0.39 is 35.8 Å². The Morgan fingerprint density at radius 1 is 0.381 bits per heavy atom. The Morgan fingerprint density at radius 2 is 0.429 bits per heavy atom. The van der Waals surface area contributed by atoms with Crippen LogP contribution in [0, 0.1) is 0 Å². The van der Waals surface area contributed by atoms with Crippen molar-refractivity contribution in [2.45, 2.75) is 0 Å². The molecule has 0 amide bonds. The van der Waals surface area contributed by atoms with E-state index in [2.05, 4.69) is 0 Å². The van der Waals surface area contributed by atoms with E-state index in [0.29, 0.717) is 0 Å². The second-order valence-electron chi connectivity index (χ2n) is 1.72. The Bertz CT molecular complexity index is 287. The summed E-state index contributed by atoms with van der Waals surface area (Å²) in [6.45, 7) is 0. The van der Waals surface area contributed by atoms with E-state index in [-0.39, 0.29) is 160 Å². The molecule has 0 atom stereocenters. The summed E-state index contributed by atoms with van der Waals surface area (Å²) in [5, 5.41) is 53.6. The van der Waals surface area contributed by atoms with Crippen molar-refractivity contribution in [2.75, 3.05) is 0 Å². The maximum absolute atomic E-state index is 8.93. The van der Waals surface area contributed by atoms with E-state index in [4.69, 9.17) is 59.4 Å². The molecule has 0 heterocycles. The number of carboxylic acid groups (broad SMARTS) is 6. The Balaban J connectivity index is -0.0000000375. The maximum atomic E-state index is 8.93. The summed E-state index contributed by atoms with van der Waals surface area (Å²) in [7, 11) is 0. The van der Waals surface area contributed by atoms with Crippen LogP contribution in [-0.2, 0) is 50.5 Å². The van der Waals surface area contributed by atoms with Crippen LogP contribution in [0.5, 0.6) is 0 Å². The van der Waals surface area contributed by atoms with Crippen LogP contribution < -0.4 is 168 Å². The summed E-state index contributed by atoms with van der Waals surface area (Å²) < 4.78 is 0. The number of carboxylic acids is 6. The van der Waals surface area contributed by atoms with Crippen LogP contribution in [0.1, 0.15) is 0 Å². The van der Waals surface area contributed by atoms with Gasteiger partial charge in [0.2, 0.25) is 0 Å². The molecule has 0 unspecified atom stereocenters. The average molecular weight is 578 g/mol. The molecule has 0 N–H and O–H groups in total. The average Bonchev–Trinajstić information content (AvgIpc) is 2.18. The molecule has 0 spiro atoms. The van der Waals surface area contributed by atoms with Crippen LogP contribution in [0.2, 0.25) is 0 Å². The SMILES string of the molecule is O=C([O-])C(=O)[O-].O=C([O-])C(=O)[O-].O=C([O-])C(=O)[O-].[Cs+].[Cs+].[Ti+4]. The molecule has 0 rings (SSSR count). The van der Waals surface area contributed by atoms with Crippen LogP contribution in [0.4, 0.5) is 0 Å². The second-order valence-corrected chi connectivity index (χ2v) is 1.72. The van der Waals surface area contributed by atoms with E-state index >= 15 is 0 Å². The van der Waals surface area contributed by atoms with Crippen LogP contribution in [-0.4, -0.2) is 35.8 Å². The first-order valence-corrected chi connectivity index (χ1v) is 3.20. The molecule has 0 saturated carbocycles. The summed E-state index contributed by atoms with van der Waals surface area (Å²) in [6, 6.07) is 0. The predicted molar refractivity (Wildman–Crippen MR) is 30.0 cm³/mol. The van der Waals surface area contributed by atoms with Crippen molar-refractivity contribution >= 4 is 35.8 Å². The van der Waals surface area contributed by atoms with Gasteiger partial charge in [-0.1, -0.05) is 0 Å². The second kappa shape index (κ2) is 23.9. The molecule has 15 heteroatoms. The van der Waals surface area contributed by atoms with Gasteiger partial charge in [0.05, 0.1) is 35.8 Å². The van der Waals surface area contributed by atoms with Crippen molar-refractivity contribution in [2.24, 2.45) is 0 Å². The largest absolute Gasteiger partial charge is 4.00 e. The third kappa shape index (κ3) is 44.9. The molecule has 102 valence electrons. The van der Waals surface area contributed by atoms with Gasteiger partial charge in [-0.25, -0.2) is 0 Å². The number of carbonyl (C=O) groups is 6. The van der Waals surface area contributed by atoms with E-state index in [9.17, 15) is 0 Å². The van der Waals surface area contributed by atoms with E-state index in [1.54, 1.807) is 0 Å². The molecule has 0 aromatic heterocycles. The number of hydrogen-bond donors (Lipinski definition) is 0. The van der Waals surface area contributed by atoms with Gasteiger partial charge in [0.25, 0.3) is 0 Å². The molecule has 0 aromatic carbocycles. The third-order valence-electron chi connectivity index (χ3n) is 0.500. The molecule has 0 aliphatic carbocycles. The number of carbonyl (C=O) groups excluding carboxylic acids is 6. The van der Waals surface area contributed by atoms with Gasteiger partial charge in [0.15, 0.2) is 0 Å². The summed E-state index contributed by atoms with van der Waals surface area (Å²) in [5.41, 5.74) is 0. The molecule has 0 aliphatic heterocycles. The summed E-state index contributed by atoms with van der Waals surface area (Å²) in [5.74, 6) is -13.1. The first-order valence-electron chi connectivity index (χ1n) is 3.20. The van der Waals surface area contributed by atoms with Crippen molar-refractivity contribution in [3.05, 3.63) is 0 Å². The number of aliphatic carboxylic acids is 6. The molecule has 0 saturated heterocycles. The molecular formula is C6Cs2O12Ti. The molecule has 0 aliphatic rings. The normalized spacial score (nSPS) is 6.29. The van der Waals surface area contributed by atoms with Crippen LogP contribution in [0.3, 0.4) is 0 Å². The first kappa shape index (κ1) is 38.3. The number of hydrogen-bond acceptors (Lipinski definition) is 12. The Hall–Kier alpha value is 1.64. The zero-order valence-corrected chi connectivity index (χ0v) is 24.5. The molecule has 21 heavy (non-hydrogen) atoms. The van der Waals surface area contributed by atoms with Crippen molar-refractivity contribution in [3.63, 3.8) is 0 Å². The van der Waals surface area contributed by atoms with E-state index in [0.717, 1.165) is 0 Å². The fraction of sp³-hybridized carbons (Fsp3) is 0. The quantitative estimate of drug-likeness (QED) is 0.192. The maximum Gasteiger partial charge on any atom is 4.00 e. The molecule has 0 bridgehead atoms. The zero-order chi connectivity index (χ0) is 15.5. The minimum absolute atomic E-state index is 0. The van der Waals surface area contributed by atoms with Gasteiger partial charge in [-0.15, -0.1) is 0 Å². The smallest absolute Gasteiger partial charge is 0.543 e. The Labute approximate surface area is 248 Å². The van der Waals surface area contributed by atoms with Crippen LogP contribution in [0.25, 0.3) is 0 Å². The molecule has 0 aromatic rings. The topological polar surface area (TPSA) is 241 Å². The molecule has 12 nitrogen and oxygen atoms in total. The van der Waals surface area contributed by atoms with E-state index in [1.807, 2.05) is 0 Å². The Kier molecular flexibility index (Phi) is 43.6. The van der Waals surface area contributed by atoms with E-state index in [1.165, 1.54) is 0 Å². The number of rotatable bonds is 0. The van der Waals surface area contributed by atoms with Gasteiger partial charge in [-0.3, -0.25) is 0 Å². The molecular weight excluding hydrogens is 578 g/mol. The van der Waals surface area contributed by atoms with Crippen molar-refractivity contribution < 1.29 is 219 Å². The summed E-state index contributed by atoms with van der Waals surface area (Å²) in [6.07, 6.45) is 0. The van der Waals surface area contributed by atoms with Gasteiger partial charge in [0, 0.05) is 0 Å².